The molecule has 180 valence electrons. The van der Waals surface area contributed by atoms with Gasteiger partial charge in [0, 0.05) is 5.92 Å². The Bertz CT molecular complexity index is 913. The van der Waals surface area contributed by atoms with Crippen molar-refractivity contribution in [2.24, 2.45) is 17.6 Å². The number of phenolic OH excluding ortho intramolecular Hbond substituents is 1. The fourth-order valence-corrected chi connectivity index (χ4v) is 4.91. The van der Waals surface area contributed by atoms with Gasteiger partial charge in [-0.3, -0.25) is 4.79 Å². The third kappa shape index (κ3) is 6.49. The van der Waals surface area contributed by atoms with Crippen LogP contribution in [0.5, 0.6) is 5.75 Å². The average Bonchev–Trinajstić information content (AvgIpc) is 3.01. The van der Waals surface area contributed by atoms with Crippen molar-refractivity contribution in [1.29, 1.82) is 0 Å². The van der Waals surface area contributed by atoms with E-state index in [0.717, 1.165) is 31.2 Å². The van der Waals surface area contributed by atoms with Gasteiger partial charge in [0.05, 0.1) is 0 Å². The van der Waals surface area contributed by atoms with Crippen LogP contribution in [0.1, 0.15) is 64.4 Å². The zero-order chi connectivity index (χ0) is 24.2. The number of carbonyl (C=O) groups is 3. The summed E-state index contributed by atoms with van der Waals surface area (Å²) in [5, 5.41) is 20.7. The number of aromatic hydroxyl groups is 1. The monoisotopic (exact) mass is 459 g/mol. The van der Waals surface area contributed by atoms with Gasteiger partial charge in [0.1, 0.15) is 22.7 Å². The minimum Gasteiger partial charge on any atom is -0.511 e. The average molecular weight is 460 g/mol. The predicted molar refractivity (Wildman–Crippen MR) is 120 cm³/mol. The number of cyclic esters (lactones) is 1. The highest BCUT2D eigenvalue weighted by atomic mass is 16.6. The van der Waals surface area contributed by atoms with Crippen molar-refractivity contribution in [3.8, 4) is 5.75 Å². The molecule has 0 radical (unpaired) electrons. The molecule has 0 bridgehead atoms. The molecular weight excluding hydrogens is 426 g/mol. The summed E-state index contributed by atoms with van der Waals surface area (Å²) in [4.78, 5) is 37.0. The molecular formula is C25H33NO7. The second-order valence-electron chi connectivity index (χ2n) is 9.71. The Morgan fingerprint density at radius 3 is 2.42 bits per heavy atom. The topological polar surface area (TPSA) is 136 Å². The number of phenols is 1. The fraction of sp³-hybridized carbons (Fsp3) is 0.560. The van der Waals surface area contributed by atoms with Crippen molar-refractivity contribution in [3.63, 3.8) is 0 Å². The van der Waals surface area contributed by atoms with E-state index in [1.165, 1.54) is 18.6 Å². The van der Waals surface area contributed by atoms with Crippen molar-refractivity contribution in [3.05, 3.63) is 41.2 Å². The standard InChI is InChI=1S/C25H33NO7/c1-25(2,33-24(26)31)14-17(12-16-8-10-18(27)11-9-16)21(28)20-22(29)19(32-23(20)30)13-15-6-4-3-5-7-15/h8-11,15,17,19,27-28H,3-7,12-14H2,1-2H3,(H2,26,31). The van der Waals surface area contributed by atoms with E-state index in [4.69, 9.17) is 15.2 Å². The second kappa shape index (κ2) is 10.3. The third-order valence-corrected chi connectivity index (χ3v) is 6.44. The summed E-state index contributed by atoms with van der Waals surface area (Å²) >= 11 is 0. The lowest BCUT2D eigenvalue weighted by Gasteiger charge is -2.29. The van der Waals surface area contributed by atoms with Crippen molar-refractivity contribution in [2.45, 2.75) is 76.9 Å². The zero-order valence-electron chi connectivity index (χ0n) is 19.2. The summed E-state index contributed by atoms with van der Waals surface area (Å²) in [6.07, 6.45) is 4.41. The van der Waals surface area contributed by atoms with Crippen LogP contribution in [0, 0.1) is 11.8 Å². The summed E-state index contributed by atoms with van der Waals surface area (Å²) in [5.41, 5.74) is 4.56. The molecule has 33 heavy (non-hydrogen) atoms. The van der Waals surface area contributed by atoms with Crippen molar-refractivity contribution in [1.82, 2.24) is 0 Å². The lowest BCUT2D eigenvalue weighted by atomic mass is 9.83. The smallest absolute Gasteiger partial charge is 0.405 e. The lowest BCUT2D eigenvalue weighted by molar-refractivity contribution is -0.141. The van der Waals surface area contributed by atoms with Crippen LogP contribution >= 0.6 is 0 Å². The largest absolute Gasteiger partial charge is 0.511 e. The van der Waals surface area contributed by atoms with E-state index in [2.05, 4.69) is 0 Å². The molecule has 1 aromatic carbocycles. The maximum atomic E-state index is 13.1. The molecule has 2 fully saturated rings. The molecule has 0 spiro atoms. The Morgan fingerprint density at radius 1 is 1.18 bits per heavy atom. The number of ketones is 1. The summed E-state index contributed by atoms with van der Waals surface area (Å²) in [7, 11) is 0. The zero-order valence-corrected chi connectivity index (χ0v) is 19.2. The SMILES string of the molecule is CC(C)(CC(Cc1ccc(O)cc1)C(O)=C1C(=O)OC(CC2CCCCC2)C1=O)OC(N)=O. The minimum absolute atomic E-state index is 0.0929. The van der Waals surface area contributed by atoms with Crippen LogP contribution in [0.25, 0.3) is 0 Å². The van der Waals surface area contributed by atoms with Gasteiger partial charge in [-0.15, -0.1) is 0 Å². The molecule has 1 saturated carbocycles. The molecule has 3 rings (SSSR count). The van der Waals surface area contributed by atoms with Crippen LogP contribution in [0.2, 0.25) is 0 Å². The highest BCUT2D eigenvalue weighted by Crippen LogP contribution is 2.35. The maximum absolute atomic E-state index is 13.1. The number of hydrogen-bond donors (Lipinski definition) is 3. The van der Waals surface area contributed by atoms with Crippen LogP contribution < -0.4 is 5.73 Å². The van der Waals surface area contributed by atoms with Gasteiger partial charge in [-0.1, -0.05) is 44.2 Å². The first-order valence-electron chi connectivity index (χ1n) is 11.5. The molecule has 1 heterocycles. The quantitative estimate of drug-likeness (QED) is 0.230. The molecule has 8 heteroatoms. The number of primary amides is 1. The molecule has 2 atom stereocenters. The van der Waals surface area contributed by atoms with Crippen LogP contribution in [-0.2, 0) is 25.5 Å². The predicted octanol–water partition coefficient (Wildman–Crippen LogP) is 4.09. The molecule has 1 aromatic rings. The first-order valence-corrected chi connectivity index (χ1v) is 11.5. The lowest BCUT2D eigenvalue weighted by Crippen LogP contribution is -2.34. The molecule has 1 amide bonds. The van der Waals surface area contributed by atoms with Gasteiger partial charge in [0.2, 0.25) is 5.78 Å². The number of amides is 1. The van der Waals surface area contributed by atoms with Crippen LogP contribution in [0.15, 0.2) is 35.6 Å². The van der Waals surface area contributed by atoms with Crippen molar-refractivity contribution in [2.75, 3.05) is 0 Å². The summed E-state index contributed by atoms with van der Waals surface area (Å²) in [5.74, 6) is -1.97. The van der Waals surface area contributed by atoms with E-state index in [9.17, 15) is 24.6 Å². The highest BCUT2D eigenvalue weighted by molar-refractivity contribution is 6.23. The fourth-order valence-electron chi connectivity index (χ4n) is 4.91. The van der Waals surface area contributed by atoms with Crippen LogP contribution in [0.4, 0.5) is 4.79 Å². The number of benzene rings is 1. The summed E-state index contributed by atoms with van der Waals surface area (Å²) < 4.78 is 10.6. The summed E-state index contributed by atoms with van der Waals surface area (Å²) in [6, 6.07) is 6.39. The Kier molecular flexibility index (Phi) is 7.66. The van der Waals surface area contributed by atoms with Gasteiger partial charge in [-0.2, -0.15) is 0 Å². The van der Waals surface area contributed by atoms with Crippen LogP contribution in [0.3, 0.4) is 0 Å². The van der Waals surface area contributed by atoms with Gasteiger partial charge in [-0.25, -0.2) is 9.59 Å². The molecule has 2 aliphatic rings. The molecule has 1 saturated heterocycles. The Morgan fingerprint density at radius 2 is 1.82 bits per heavy atom. The second-order valence-corrected chi connectivity index (χ2v) is 9.71. The highest BCUT2D eigenvalue weighted by Gasteiger charge is 2.44. The molecule has 8 nitrogen and oxygen atoms in total. The number of carbonyl (C=O) groups excluding carboxylic acids is 3. The van der Waals surface area contributed by atoms with E-state index in [1.54, 1.807) is 26.0 Å². The van der Waals surface area contributed by atoms with Gasteiger partial charge in [0.15, 0.2) is 6.10 Å². The van der Waals surface area contributed by atoms with Gasteiger partial charge >= 0.3 is 12.1 Å². The van der Waals surface area contributed by atoms with Gasteiger partial charge < -0.3 is 25.4 Å². The first kappa shape index (κ1) is 24.6. The number of rotatable bonds is 8. The van der Waals surface area contributed by atoms with E-state index < -0.39 is 35.5 Å². The van der Waals surface area contributed by atoms with Gasteiger partial charge in [-0.05, 0) is 56.7 Å². The Balaban J connectivity index is 1.86. The number of allylic oxidation sites excluding steroid dienone is 1. The number of aliphatic hydroxyl groups is 1. The number of ether oxygens (including phenoxy) is 2. The molecule has 2 unspecified atom stereocenters. The van der Waals surface area contributed by atoms with E-state index in [-0.39, 0.29) is 29.9 Å². The van der Waals surface area contributed by atoms with Crippen LogP contribution in [-0.4, -0.2) is 39.8 Å². The molecule has 0 aromatic heterocycles. The molecule has 1 aliphatic heterocycles. The molecule has 4 N–H and O–H groups in total. The number of Topliss-reactive ketones (excluding diaryl/α,β-unsaturated/α-hetero) is 1. The number of aliphatic hydroxyl groups excluding tert-OH is 1. The van der Waals surface area contributed by atoms with E-state index in [1.807, 2.05) is 0 Å². The van der Waals surface area contributed by atoms with Gasteiger partial charge in [0.25, 0.3) is 0 Å². The van der Waals surface area contributed by atoms with Crippen molar-refractivity contribution >= 4 is 17.8 Å². The minimum atomic E-state index is -1.06. The van der Waals surface area contributed by atoms with Crippen molar-refractivity contribution < 1.29 is 34.1 Å². The van der Waals surface area contributed by atoms with E-state index in [0.29, 0.717) is 12.3 Å². The summed E-state index contributed by atoms with van der Waals surface area (Å²) in [6.45, 7) is 3.28. The number of nitrogens with two attached hydrogens (primary N) is 1. The number of hydrogen-bond acceptors (Lipinski definition) is 7. The Labute approximate surface area is 193 Å². The Hall–Kier alpha value is -3.03. The van der Waals surface area contributed by atoms with E-state index >= 15 is 0 Å². The normalized spacial score (nSPS) is 22.1. The third-order valence-electron chi connectivity index (χ3n) is 6.44. The first-order chi connectivity index (χ1) is 15.6. The molecule has 1 aliphatic carbocycles. The number of esters is 1. The maximum Gasteiger partial charge on any atom is 0.405 e.